The molecule has 0 aliphatic rings. The smallest absolute Gasteiger partial charge is 0.228 e. The lowest BCUT2D eigenvalue weighted by Crippen LogP contribution is -2.54. The van der Waals surface area contributed by atoms with Gasteiger partial charge in [-0.1, -0.05) is 35.6 Å². The Balaban J connectivity index is 2.42. The summed E-state index contributed by atoms with van der Waals surface area (Å²) in [6.07, 6.45) is 1.89. The highest BCUT2D eigenvalue weighted by molar-refractivity contribution is 14.1. The minimum Gasteiger partial charge on any atom is -0.459 e. The normalized spacial score (nSPS) is 14.0. The molecule has 2 rings (SSSR count). The van der Waals surface area contributed by atoms with Crippen LogP contribution in [0.15, 0.2) is 24.3 Å². The first kappa shape index (κ1) is 22.1. The van der Waals surface area contributed by atoms with Crippen LogP contribution >= 0.6 is 46.0 Å². The molecule has 2 atom stereocenters. The molecule has 0 aliphatic carbocycles. The summed E-state index contributed by atoms with van der Waals surface area (Å²) in [6.45, 7) is 3.53. The van der Waals surface area contributed by atoms with Gasteiger partial charge >= 0.3 is 0 Å². The summed E-state index contributed by atoms with van der Waals surface area (Å²) in [5, 5.41) is 4.37. The van der Waals surface area contributed by atoms with Gasteiger partial charge in [-0.25, -0.2) is 4.98 Å². The number of carbonyl (C=O) groups excluding carboxylic acids is 1. The van der Waals surface area contributed by atoms with E-state index < -0.39 is 11.0 Å². The number of pyridine rings is 1. The Kier molecular flexibility index (Phi) is 8.04. The quantitative estimate of drug-likeness (QED) is 0.354. The van der Waals surface area contributed by atoms with Crippen molar-refractivity contribution >= 4 is 62.8 Å². The maximum absolute atomic E-state index is 11.7. The Morgan fingerprint density at radius 3 is 2.89 bits per heavy atom. The average Bonchev–Trinajstić information content (AvgIpc) is 2.60. The van der Waals surface area contributed by atoms with E-state index in [9.17, 15) is 4.79 Å². The van der Waals surface area contributed by atoms with Crippen LogP contribution in [-0.2, 0) is 9.53 Å². The first-order valence-electron chi connectivity index (χ1n) is 8.02. The van der Waals surface area contributed by atoms with Crippen LogP contribution in [0, 0.1) is 15.4 Å². The molecule has 27 heavy (non-hydrogen) atoms. The predicted octanol–water partition coefficient (Wildman–Crippen LogP) is 4.11. The third-order valence-corrected chi connectivity index (χ3v) is 5.70. The summed E-state index contributed by atoms with van der Waals surface area (Å²) in [5.74, 6) is 6.22. The number of nitrogens with one attached hydrogen (secondary N) is 1. The summed E-state index contributed by atoms with van der Waals surface area (Å²) in [5.41, 5.74) is -0.753. The highest BCUT2D eigenvalue weighted by Crippen LogP contribution is 2.32. The number of nitrogens with zero attached hydrogens (tertiary/aromatic N) is 1. The monoisotopic (exact) mass is 518 g/mol. The lowest BCUT2D eigenvalue weighted by atomic mass is 10.0. The first-order chi connectivity index (χ1) is 12.8. The van der Waals surface area contributed by atoms with E-state index in [1.54, 1.807) is 13.2 Å². The molecule has 0 saturated heterocycles. The molecule has 5 nitrogen and oxygen atoms in total. The van der Waals surface area contributed by atoms with E-state index in [0.717, 1.165) is 8.96 Å². The Morgan fingerprint density at radius 2 is 2.26 bits per heavy atom. The number of fused-ring (bicyclic) bond motifs is 1. The number of methoxy groups -OCH3 is 1. The largest absolute Gasteiger partial charge is 0.459 e. The molecule has 1 amide bonds. The second-order valence-corrected chi connectivity index (χ2v) is 8.36. The van der Waals surface area contributed by atoms with Crippen molar-refractivity contribution in [3.8, 4) is 17.7 Å². The summed E-state index contributed by atoms with van der Waals surface area (Å²) in [6, 6.07) is 7.59. The van der Waals surface area contributed by atoms with Crippen molar-refractivity contribution in [2.75, 3.05) is 20.0 Å². The zero-order valence-corrected chi connectivity index (χ0v) is 19.2. The summed E-state index contributed by atoms with van der Waals surface area (Å²) in [7, 11) is 1.57. The molecule has 0 aliphatic heterocycles. The minimum atomic E-state index is -0.927. The second kappa shape index (κ2) is 9.82. The van der Waals surface area contributed by atoms with Crippen molar-refractivity contribution in [3.63, 3.8) is 0 Å². The van der Waals surface area contributed by atoms with Gasteiger partial charge in [-0.2, -0.15) is 0 Å². The van der Waals surface area contributed by atoms with E-state index in [2.05, 4.69) is 44.7 Å². The van der Waals surface area contributed by atoms with Gasteiger partial charge in [0.2, 0.25) is 11.8 Å². The maximum atomic E-state index is 11.7. The molecule has 0 fully saturated rings. The average molecular weight is 519 g/mol. The number of hydrogen-bond donors (Lipinski definition) is 1. The zero-order valence-electron chi connectivity index (χ0n) is 15.4. The van der Waals surface area contributed by atoms with Crippen molar-refractivity contribution < 1.29 is 14.3 Å². The summed E-state index contributed by atoms with van der Waals surface area (Å²) < 4.78 is 12.0. The van der Waals surface area contributed by atoms with Crippen molar-refractivity contribution in [1.29, 1.82) is 0 Å². The van der Waals surface area contributed by atoms with Gasteiger partial charge in [0.05, 0.1) is 14.1 Å². The SMILES string of the molecule is COCC#CC(C)(NC(C)=O)C(Oc1nc2c(Cl)cccc2cc1I)SC. The van der Waals surface area contributed by atoms with Crippen molar-refractivity contribution in [3.05, 3.63) is 32.9 Å². The zero-order chi connectivity index (χ0) is 20.0. The Morgan fingerprint density at radius 1 is 1.52 bits per heavy atom. The number of ether oxygens (including phenoxy) is 2. The van der Waals surface area contributed by atoms with Crippen LogP contribution in [-0.4, -0.2) is 41.8 Å². The summed E-state index contributed by atoms with van der Waals surface area (Å²) >= 11 is 9.88. The number of amides is 1. The highest BCUT2D eigenvalue weighted by atomic mass is 127. The molecule has 144 valence electrons. The van der Waals surface area contributed by atoms with Gasteiger partial charge in [0.1, 0.15) is 12.1 Å². The van der Waals surface area contributed by atoms with E-state index in [4.69, 9.17) is 21.1 Å². The third-order valence-electron chi connectivity index (χ3n) is 3.62. The van der Waals surface area contributed by atoms with Gasteiger partial charge in [0.25, 0.3) is 0 Å². The van der Waals surface area contributed by atoms with Gasteiger partial charge in [-0.3, -0.25) is 4.79 Å². The number of hydrogen-bond acceptors (Lipinski definition) is 5. The molecule has 8 heteroatoms. The highest BCUT2D eigenvalue weighted by Gasteiger charge is 2.36. The predicted molar refractivity (Wildman–Crippen MR) is 119 cm³/mol. The molecule has 1 N–H and O–H groups in total. The molecular weight excluding hydrogens is 499 g/mol. The molecule has 2 aromatic rings. The molecule has 2 unspecified atom stereocenters. The minimum absolute atomic E-state index is 0.198. The fourth-order valence-electron chi connectivity index (χ4n) is 2.51. The van der Waals surface area contributed by atoms with Gasteiger partial charge < -0.3 is 14.8 Å². The molecule has 1 aromatic heterocycles. The number of thioether (sulfide) groups is 1. The molecule has 0 spiro atoms. The van der Waals surface area contributed by atoms with Crippen LogP contribution in [0.4, 0.5) is 0 Å². The van der Waals surface area contributed by atoms with Gasteiger partial charge in [-0.05, 0) is 47.9 Å². The number of aromatic nitrogens is 1. The lowest BCUT2D eigenvalue weighted by Gasteiger charge is -2.32. The number of halogens is 2. The van der Waals surface area contributed by atoms with Crippen LogP contribution in [0.3, 0.4) is 0 Å². The van der Waals surface area contributed by atoms with E-state index in [-0.39, 0.29) is 12.5 Å². The van der Waals surface area contributed by atoms with Gasteiger partial charge in [-0.15, -0.1) is 11.8 Å². The molecule has 1 heterocycles. The van der Waals surface area contributed by atoms with Crippen molar-refractivity contribution in [1.82, 2.24) is 10.3 Å². The van der Waals surface area contributed by atoms with Gasteiger partial charge in [0.15, 0.2) is 5.44 Å². The second-order valence-electron chi connectivity index (χ2n) is 5.89. The fraction of sp³-hybridized carbons (Fsp3) is 0.368. The Hall–Kier alpha value is -1.21. The van der Waals surface area contributed by atoms with Crippen LogP contribution in [0.1, 0.15) is 13.8 Å². The molecule has 0 radical (unpaired) electrons. The lowest BCUT2D eigenvalue weighted by molar-refractivity contribution is -0.120. The van der Waals surface area contributed by atoms with Crippen LogP contribution < -0.4 is 10.1 Å². The number of para-hydroxylation sites is 1. The van der Waals surface area contributed by atoms with Gasteiger partial charge in [0, 0.05) is 19.4 Å². The first-order valence-corrected chi connectivity index (χ1v) is 10.8. The molecule has 1 aromatic carbocycles. The van der Waals surface area contributed by atoms with E-state index in [1.807, 2.05) is 31.4 Å². The molecule has 0 saturated carbocycles. The topological polar surface area (TPSA) is 60.5 Å². The Labute approximate surface area is 182 Å². The third kappa shape index (κ3) is 5.64. The standard InChI is InChI=1S/C19H20ClIN2O3S/c1-12(24)23-19(2,9-6-10-25-3)18(27-4)26-17-15(21)11-13-7-5-8-14(20)16(13)22-17/h5,7-8,11,18H,10H2,1-4H3,(H,23,24). The van der Waals surface area contributed by atoms with E-state index in [1.165, 1.54) is 18.7 Å². The van der Waals surface area contributed by atoms with Crippen LogP contribution in [0.2, 0.25) is 5.02 Å². The van der Waals surface area contributed by atoms with Crippen molar-refractivity contribution in [2.45, 2.75) is 24.8 Å². The van der Waals surface area contributed by atoms with Crippen LogP contribution in [0.5, 0.6) is 5.88 Å². The number of rotatable bonds is 6. The Bertz CT molecular complexity index is 900. The molecule has 0 bridgehead atoms. The van der Waals surface area contributed by atoms with E-state index >= 15 is 0 Å². The number of carbonyl (C=O) groups is 1. The van der Waals surface area contributed by atoms with Crippen LogP contribution in [0.25, 0.3) is 10.9 Å². The van der Waals surface area contributed by atoms with E-state index in [0.29, 0.717) is 16.4 Å². The molecular formula is C19H20ClIN2O3S. The number of benzene rings is 1. The summed E-state index contributed by atoms with van der Waals surface area (Å²) in [4.78, 5) is 16.3. The fourth-order valence-corrected chi connectivity index (χ4v) is 4.10. The maximum Gasteiger partial charge on any atom is 0.228 e. The van der Waals surface area contributed by atoms with Crippen molar-refractivity contribution in [2.24, 2.45) is 0 Å².